The van der Waals surface area contributed by atoms with Gasteiger partial charge in [0.1, 0.15) is 10.5 Å². The summed E-state index contributed by atoms with van der Waals surface area (Å²) in [5, 5.41) is 7.28. The third kappa shape index (κ3) is 5.41. The molecule has 1 atom stereocenters. The Hall–Kier alpha value is -3.33. The van der Waals surface area contributed by atoms with Crippen LogP contribution in [0.1, 0.15) is 86.4 Å². The topological polar surface area (TPSA) is 100 Å². The lowest BCUT2D eigenvalue weighted by Crippen LogP contribution is -2.57. The van der Waals surface area contributed by atoms with Crippen molar-refractivity contribution in [2.75, 3.05) is 18.4 Å². The zero-order valence-corrected chi connectivity index (χ0v) is 23.4. The lowest BCUT2D eigenvalue weighted by molar-refractivity contribution is -0.153. The molecule has 204 valence electrons. The smallest absolute Gasteiger partial charge is 0.227 e. The number of nitrogens with zero attached hydrogens (tertiary/aromatic N) is 4. The summed E-state index contributed by atoms with van der Waals surface area (Å²) >= 11 is 1.72. The Balaban J connectivity index is 0.000000299. The number of nitrogens with one attached hydrogen (secondary N) is 2. The number of β-lactam (4-membered cyclic amide) rings is 1. The molecule has 2 amide bonds. The summed E-state index contributed by atoms with van der Waals surface area (Å²) < 4.78 is 0. The molecule has 1 unspecified atom stereocenters. The predicted molar refractivity (Wildman–Crippen MR) is 153 cm³/mol. The maximum Gasteiger partial charge on any atom is 0.227 e. The molecule has 0 radical (unpaired) electrons. The monoisotopic (exact) mass is 544 g/mol. The van der Waals surface area contributed by atoms with Crippen molar-refractivity contribution in [3.63, 3.8) is 0 Å². The molecule has 0 spiro atoms. The summed E-state index contributed by atoms with van der Waals surface area (Å²) in [7, 11) is 0. The Labute approximate surface area is 233 Å². The van der Waals surface area contributed by atoms with Crippen molar-refractivity contribution in [3.8, 4) is 10.4 Å². The highest BCUT2D eigenvalue weighted by Gasteiger charge is 2.56. The molecule has 1 saturated carbocycles. The van der Waals surface area contributed by atoms with E-state index in [-0.39, 0.29) is 17.4 Å². The fourth-order valence-electron chi connectivity index (χ4n) is 6.00. The predicted octanol–water partition coefficient (Wildman–Crippen LogP) is 5.82. The zero-order valence-electron chi connectivity index (χ0n) is 22.5. The van der Waals surface area contributed by atoms with E-state index in [9.17, 15) is 9.59 Å². The molecule has 3 aromatic rings. The van der Waals surface area contributed by atoms with E-state index in [0.717, 1.165) is 72.0 Å². The van der Waals surface area contributed by atoms with Gasteiger partial charge in [0, 0.05) is 49.2 Å². The summed E-state index contributed by atoms with van der Waals surface area (Å²) in [6, 6.07) is 8.48. The fourth-order valence-corrected chi connectivity index (χ4v) is 7.12. The van der Waals surface area contributed by atoms with Gasteiger partial charge in [-0.1, -0.05) is 18.9 Å². The van der Waals surface area contributed by atoms with Crippen LogP contribution in [0.5, 0.6) is 0 Å². The van der Waals surface area contributed by atoms with Crippen LogP contribution in [0.2, 0.25) is 0 Å². The van der Waals surface area contributed by atoms with Gasteiger partial charge in [-0.15, -0.1) is 11.3 Å². The molecule has 2 N–H and O–H groups in total. The first-order valence-corrected chi connectivity index (χ1v) is 15.1. The zero-order chi connectivity index (χ0) is 26.8. The second kappa shape index (κ2) is 11.0. The molecule has 4 aliphatic rings. The van der Waals surface area contributed by atoms with E-state index in [1.165, 1.54) is 31.2 Å². The Morgan fingerprint density at radius 1 is 1.08 bits per heavy atom. The average Bonchev–Trinajstić information content (AvgIpc) is 3.43. The van der Waals surface area contributed by atoms with E-state index in [0.29, 0.717) is 18.3 Å². The van der Waals surface area contributed by atoms with E-state index in [1.807, 2.05) is 23.4 Å². The van der Waals surface area contributed by atoms with Crippen LogP contribution in [0.15, 0.2) is 36.7 Å². The molecule has 39 heavy (non-hydrogen) atoms. The minimum atomic E-state index is -0.138. The van der Waals surface area contributed by atoms with Crippen LogP contribution < -0.4 is 10.6 Å². The number of aryl methyl sites for hydroxylation is 1. The standard InChI is InChI=1S/C24H25N5OS.C6H11NO/c1-15-10-17(20-14-26-22(31-20)24-7-3-9-29(24)21(30)13-24)12-18(11-15)27-23-25-8-6-19(28-23)16-4-2-5-16;8-6-4-2-1-3-5-7-6/h6,8,10-12,14,16H,2-5,7,9,13H2,1H3,(H,25,27,28);1-5H2,(H,7,8). The maximum absolute atomic E-state index is 12.0. The number of benzene rings is 1. The van der Waals surface area contributed by atoms with E-state index in [4.69, 9.17) is 9.97 Å². The Morgan fingerprint density at radius 2 is 1.97 bits per heavy atom. The van der Waals surface area contributed by atoms with Gasteiger partial charge in [-0.3, -0.25) is 9.59 Å². The van der Waals surface area contributed by atoms with Crippen molar-refractivity contribution in [2.24, 2.45) is 0 Å². The van der Waals surface area contributed by atoms with Gasteiger partial charge in [-0.2, -0.15) is 0 Å². The fraction of sp³-hybridized carbons (Fsp3) is 0.500. The molecule has 8 nitrogen and oxygen atoms in total. The van der Waals surface area contributed by atoms with Gasteiger partial charge < -0.3 is 15.5 Å². The first kappa shape index (κ1) is 25.9. The maximum atomic E-state index is 12.0. The van der Waals surface area contributed by atoms with Crippen LogP contribution in [0.25, 0.3) is 10.4 Å². The molecular weight excluding hydrogens is 508 g/mol. The van der Waals surface area contributed by atoms with Crippen LogP contribution >= 0.6 is 11.3 Å². The van der Waals surface area contributed by atoms with Crippen LogP contribution in [0.4, 0.5) is 11.6 Å². The highest BCUT2D eigenvalue weighted by Crippen LogP contribution is 2.51. The third-order valence-electron chi connectivity index (χ3n) is 8.36. The average molecular weight is 545 g/mol. The highest BCUT2D eigenvalue weighted by molar-refractivity contribution is 7.15. The highest BCUT2D eigenvalue weighted by atomic mass is 32.1. The Bertz CT molecular complexity index is 1360. The molecule has 5 heterocycles. The molecule has 7 rings (SSSR count). The quantitative estimate of drug-likeness (QED) is 0.393. The van der Waals surface area contributed by atoms with Crippen LogP contribution in [-0.4, -0.2) is 44.8 Å². The summed E-state index contributed by atoms with van der Waals surface area (Å²) in [6.07, 6.45) is 14.4. The summed E-state index contributed by atoms with van der Waals surface area (Å²) in [6.45, 7) is 3.86. The van der Waals surface area contributed by atoms with Crippen LogP contribution in [-0.2, 0) is 15.1 Å². The second-order valence-corrected chi connectivity index (χ2v) is 12.2. The van der Waals surface area contributed by atoms with Crippen molar-refractivity contribution >= 4 is 34.8 Å². The number of anilines is 2. The second-order valence-electron chi connectivity index (χ2n) is 11.2. The van der Waals surface area contributed by atoms with Crippen molar-refractivity contribution in [1.82, 2.24) is 25.2 Å². The van der Waals surface area contributed by atoms with Crippen LogP contribution in [0.3, 0.4) is 0 Å². The number of hydrogen-bond acceptors (Lipinski definition) is 7. The molecule has 0 bridgehead atoms. The summed E-state index contributed by atoms with van der Waals surface area (Å²) in [5.41, 5.74) is 4.28. The van der Waals surface area contributed by atoms with Gasteiger partial charge in [-0.25, -0.2) is 15.0 Å². The number of amides is 2. The van der Waals surface area contributed by atoms with Crippen LogP contribution in [0, 0.1) is 6.92 Å². The lowest BCUT2D eigenvalue weighted by atomic mass is 9.83. The van der Waals surface area contributed by atoms with Gasteiger partial charge in [-0.05, 0) is 74.8 Å². The van der Waals surface area contributed by atoms with Crippen molar-refractivity contribution in [3.05, 3.63) is 52.9 Å². The normalized spacial score (nSPS) is 22.5. The summed E-state index contributed by atoms with van der Waals surface area (Å²) in [5.74, 6) is 1.72. The lowest BCUT2D eigenvalue weighted by Gasteiger charge is -2.45. The van der Waals surface area contributed by atoms with Gasteiger partial charge in [0.25, 0.3) is 0 Å². The number of aromatic nitrogens is 3. The van der Waals surface area contributed by atoms with Crippen molar-refractivity contribution < 1.29 is 9.59 Å². The van der Waals surface area contributed by atoms with Gasteiger partial charge in [0.05, 0.1) is 11.3 Å². The number of carbonyl (C=O) groups is 2. The molecular formula is C30H36N6O2S. The minimum Gasteiger partial charge on any atom is -0.356 e. The molecule has 4 fully saturated rings. The van der Waals surface area contributed by atoms with Gasteiger partial charge in [0.2, 0.25) is 17.8 Å². The Kier molecular flexibility index (Phi) is 7.34. The Morgan fingerprint density at radius 3 is 2.79 bits per heavy atom. The minimum absolute atomic E-state index is 0.138. The number of rotatable bonds is 5. The molecule has 3 saturated heterocycles. The molecule has 2 aromatic heterocycles. The number of fused-ring (bicyclic) bond motifs is 1. The van der Waals surface area contributed by atoms with Crippen molar-refractivity contribution in [2.45, 2.75) is 82.6 Å². The first-order chi connectivity index (χ1) is 19.0. The molecule has 9 heteroatoms. The van der Waals surface area contributed by atoms with E-state index in [1.54, 1.807) is 11.3 Å². The van der Waals surface area contributed by atoms with Gasteiger partial charge in [0.15, 0.2) is 0 Å². The van der Waals surface area contributed by atoms with E-state index in [2.05, 4.69) is 40.7 Å². The summed E-state index contributed by atoms with van der Waals surface area (Å²) in [4.78, 5) is 39.6. The number of hydrogen-bond donors (Lipinski definition) is 2. The SMILES string of the molecule is Cc1cc(Nc2nccc(C3CCC3)n2)cc(-c2cnc(C34CCCN3C(=O)C4)s2)c1.O=C1CCCCCN1. The molecule has 1 aromatic carbocycles. The number of carbonyl (C=O) groups excluding carboxylic acids is 2. The number of thiazole rings is 1. The largest absolute Gasteiger partial charge is 0.356 e. The first-order valence-electron chi connectivity index (χ1n) is 14.3. The van der Waals surface area contributed by atoms with E-state index < -0.39 is 0 Å². The molecule has 1 aliphatic carbocycles. The van der Waals surface area contributed by atoms with Crippen molar-refractivity contribution in [1.29, 1.82) is 0 Å². The third-order valence-corrected chi connectivity index (χ3v) is 9.60. The molecule has 3 aliphatic heterocycles. The van der Waals surface area contributed by atoms with E-state index >= 15 is 0 Å². The van der Waals surface area contributed by atoms with Gasteiger partial charge >= 0.3 is 0 Å².